The smallest absolute Gasteiger partial charge is 0.248 e. The minimum atomic E-state index is -0.132. The number of hydrogen-bond acceptors (Lipinski definition) is 2. The summed E-state index contributed by atoms with van der Waals surface area (Å²) in [7, 11) is 0. The summed E-state index contributed by atoms with van der Waals surface area (Å²) in [4.78, 5) is 12.0. The Labute approximate surface area is 125 Å². The van der Waals surface area contributed by atoms with Gasteiger partial charge in [0, 0.05) is 30.1 Å². The third-order valence-electron chi connectivity index (χ3n) is 3.25. The number of anilines is 1. The number of carbonyl (C=O) groups excluding carboxylic acids is 1. The summed E-state index contributed by atoms with van der Waals surface area (Å²) in [5.74, 6) is 0.237. The van der Waals surface area contributed by atoms with E-state index in [1.165, 1.54) is 6.08 Å². The first kappa shape index (κ1) is 15.0. The van der Waals surface area contributed by atoms with Gasteiger partial charge in [-0.25, -0.2) is 0 Å². The van der Waals surface area contributed by atoms with Crippen LogP contribution in [0.1, 0.15) is 37.8 Å². The summed E-state index contributed by atoms with van der Waals surface area (Å²) in [5.41, 5.74) is 2.92. The number of amides is 1. The lowest BCUT2D eigenvalue weighted by Crippen LogP contribution is -2.10. The fourth-order valence-corrected chi connectivity index (χ4v) is 2.10. The van der Waals surface area contributed by atoms with E-state index in [9.17, 15) is 4.79 Å². The number of hydrogen-bond donors (Lipinski definition) is 1. The molecule has 0 fully saturated rings. The van der Waals surface area contributed by atoms with Crippen LogP contribution in [0.2, 0.25) is 0 Å². The fraction of sp³-hybridized carbons (Fsp3) is 0.294. The first-order chi connectivity index (χ1) is 10.1. The molecule has 1 amide bonds. The Morgan fingerprint density at radius 2 is 2.14 bits per heavy atom. The number of carbonyl (C=O) groups is 1. The van der Waals surface area contributed by atoms with E-state index in [4.69, 9.17) is 0 Å². The molecular weight excluding hydrogens is 262 g/mol. The van der Waals surface area contributed by atoms with Crippen LogP contribution in [0.3, 0.4) is 0 Å². The molecule has 0 aliphatic carbocycles. The average Bonchev–Trinajstić information content (AvgIpc) is 2.93. The second kappa shape index (κ2) is 6.88. The lowest BCUT2D eigenvalue weighted by Gasteiger charge is -2.12. The van der Waals surface area contributed by atoms with Gasteiger partial charge in [-0.1, -0.05) is 32.0 Å². The highest BCUT2D eigenvalue weighted by molar-refractivity contribution is 6.02. The molecule has 0 saturated carbocycles. The van der Waals surface area contributed by atoms with E-state index in [-0.39, 0.29) is 5.91 Å². The zero-order valence-corrected chi connectivity index (χ0v) is 12.7. The minimum absolute atomic E-state index is 0.132. The van der Waals surface area contributed by atoms with Crippen LogP contribution in [0, 0.1) is 0 Å². The van der Waals surface area contributed by atoms with Gasteiger partial charge in [-0.2, -0.15) is 5.10 Å². The molecule has 1 heterocycles. The van der Waals surface area contributed by atoms with Crippen LogP contribution in [-0.2, 0) is 11.3 Å². The molecule has 0 saturated heterocycles. The van der Waals surface area contributed by atoms with Crippen LogP contribution in [0.4, 0.5) is 5.69 Å². The van der Waals surface area contributed by atoms with Gasteiger partial charge in [0.2, 0.25) is 5.91 Å². The molecule has 21 heavy (non-hydrogen) atoms. The lowest BCUT2D eigenvalue weighted by molar-refractivity contribution is -0.111. The van der Waals surface area contributed by atoms with Crippen LogP contribution < -0.4 is 5.32 Å². The molecule has 4 heteroatoms. The van der Waals surface area contributed by atoms with Crippen molar-refractivity contribution in [3.8, 4) is 0 Å². The molecule has 0 bridgehead atoms. The van der Waals surface area contributed by atoms with Crippen LogP contribution >= 0.6 is 0 Å². The van der Waals surface area contributed by atoms with E-state index >= 15 is 0 Å². The topological polar surface area (TPSA) is 46.9 Å². The quantitative estimate of drug-likeness (QED) is 0.851. The van der Waals surface area contributed by atoms with E-state index in [0.29, 0.717) is 5.92 Å². The normalized spacial score (nSPS) is 11.2. The van der Waals surface area contributed by atoms with Crippen molar-refractivity contribution in [3.05, 3.63) is 53.9 Å². The minimum Gasteiger partial charge on any atom is -0.322 e. The Hall–Kier alpha value is -2.36. The highest BCUT2D eigenvalue weighted by atomic mass is 16.1. The van der Waals surface area contributed by atoms with Crippen molar-refractivity contribution in [2.24, 2.45) is 0 Å². The summed E-state index contributed by atoms with van der Waals surface area (Å²) in [6.07, 6.45) is 6.96. The monoisotopic (exact) mass is 283 g/mol. The molecule has 0 spiro atoms. The van der Waals surface area contributed by atoms with Gasteiger partial charge in [0.25, 0.3) is 0 Å². The second-order valence-electron chi connectivity index (χ2n) is 5.19. The molecule has 1 aromatic carbocycles. The van der Waals surface area contributed by atoms with Crippen LogP contribution in [0.25, 0.3) is 6.08 Å². The number of benzene rings is 1. The summed E-state index contributed by atoms with van der Waals surface area (Å²) < 4.78 is 1.83. The third kappa shape index (κ3) is 4.05. The van der Waals surface area contributed by atoms with Gasteiger partial charge in [-0.15, -0.1) is 0 Å². The largest absolute Gasteiger partial charge is 0.322 e. The van der Waals surface area contributed by atoms with Gasteiger partial charge in [-0.3, -0.25) is 9.48 Å². The summed E-state index contributed by atoms with van der Waals surface area (Å²) in [6, 6.07) is 7.88. The van der Waals surface area contributed by atoms with Crippen molar-refractivity contribution < 1.29 is 4.79 Å². The van der Waals surface area contributed by atoms with E-state index in [2.05, 4.69) is 24.3 Å². The molecule has 0 aliphatic heterocycles. The highest BCUT2D eigenvalue weighted by Gasteiger charge is 2.07. The predicted molar refractivity (Wildman–Crippen MR) is 86.1 cm³/mol. The molecule has 0 aliphatic rings. The third-order valence-corrected chi connectivity index (χ3v) is 3.25. The summed E-state index contributed by atoms with van der Waals surface area (Å²) in [5, 5.41) is 7.10. The van der Waals surface area contributed by atoms with Crippen molar-refractivity contribution in [1.29, 1.82) is 0 Å². The van der Waals surface area contributed by atoms with Gasteiger partial charge in [0.05, 0.1) is 6.20 Å². The lowest BCUT2D eigenvalue weighted by atomic mass is 10.0. The van der Waals surface area contributed by atoms with Crippen molar-refractivity contribution >= 4 is 17.7 Å². The highest BCUT2D eigenvalue weighted by Crippen LogP contribution is 2.23. The Morgan fingerprint density at radius 1 is 1.38 bits per heavy atom. The number of nitrogens with zero attached hydrogens (tertiary/aromatic N) is 2. The van der Waals surface area contributed by atoms with Crippen LogP contribution in [0.15, 0.2) is 42.7 Å². The molecule has 1 N–H and O–H groups in total. The molecule has 1 aromatic heterocycles. The van der Waals surface area contributed by atoms with Gasteiger partial charge in [0.15, 0.2) is 0 Å². The van der Waals surface area contributed by atoms with Gasteiger partial charge in [-0.05, 0) is 30.5 Å². The van der Waals surface area contributed by atoms with E-state index in [1.807, 2.05) is 42.1 Å². The molecule has 0 radical (unpaired) electrons. The summed E-state index contributed by atoms with van der Waals surface area (Å²) >= 11 is 0. The zero-order chi connectivity index (χ0) is 15.2. The zero-order valence-electron chi connectivity index (χ0n) is 12.7. The fourth-order valence-electron chi connectivity index (χ4n) is 2.10. The standard InChI is InChI=1S/C17H21N3O/c1-4-20-12-14(11-18-20)9-10-17(21)19-16-8-6-5-7-15(16)13(2)3/h5-13H,4H2,1-3H3,(H,19,21). The Balaban J connectivity index is 2.05. The predicted octanol–water partition coefficient (Wildman–Crippen LogP) is 3.68. The van der Waals surface area contributed by atoms with Crippen molar-refractivity contribution in [1.82, 2.24) is 9.78 Å². The maximum atomic E-state index is 12.0. The molecular formula is C17H21N3O. The number of aromatic nitrogens is 2. The first-order valence-electron chi connectivity index (χ1n) is 7.20. The van der Waals surface area contributed by atoms with Crippen molar-refractivity contribution in [3.63, 3.8) is 0 Å². The van der Waals surface area contributed by atoms with Crippen molar-refractivity contribution in [2.75, 3.05) is 5.32 Å². The molecule has 4 nitrogen and oxygen atoms in total. The Morgan fingerprint density at radius 3 is 2.81 bits per heavy atom. The van der Waals surface area contributed by atoms with Crippen LogP contribution in [-0.4, -0.2) is 15.7 Å². The molecule has 110 valence electrons. The second-order valence-corrected chi connectivity index (χ2v) is 5.19. The SMILES string of the molecule is CCn1cc(C=CC(=O)Nc2ccccc2C(C)C)cn1. The Kier molecular flexibility index (Phi) is 4.93. The van der Waals surface area contributed by atoms with Gasteiger partial charge >= 0.3 is 0 Å². The number of nitrogens with one attached hydrogen (secondary N) is 1. The van der Waals surface area contributed by atoms with Crippen LogP contribution in [0.5, 0.6) is 0 Å². The molecule has 2 aromatic rings. The Bertz CT molecular complexity index is 641. The average molecular weight is 283 g/mol. The van der Waals surface area contributed by atoms with Gasteiger partial charge < -0.3 is 5.32 Å². The number of para-hydroxylation sites is 1. The molecule has 0 unspecified atom stereocenters. The summed E-state index contributed by atoms with van der Waals surface area (Å²) in [6.45, 7) is 7.07. The van der Waals surface area contributed by atoms with E-state index in [0.717, 1.165) is 23.4 Å². The first-order valence-corrected chi connectivity index (χ1v) is 7.20. The maximum absolute atomic E-state index is 12.0. The maximum Gasteiger partial charge on any atom is 0.248 e. The van der Waals surface area contributed by atoms with E-state index in [1.54, 1.807) is 12.3 Å². The van der Waals surface area contributed by atoms with E-state index < -0.39 is 0 Å². The van der Waals surface area contributed by atoms with Crippen molar-refractivity contribution in [2.45, 2.75) is 33.2 Å². The molecule has 0 atom stereocenters. The van der Waals surface area contributed by atoms with Gasteiger partial charge in [0.1, 0.15) is 0 Å². The number of rotatable bonds is 5. The number of aryl methyl sites for hydroxylation is 1. The molecule has 2 rings (SSSR count).